The van der Waals surface area contributed by atoms with E-state index in [4.69, 9.17) is 32.9 Å². The van der Waals surface area contributed by atoms with E-state index in [1.54, 1.807) is 12.4 Å². The minimum atomic E-state index is -0.668. The van der Waals surface area contributed by atoms with Crippen molar-refractivity contribution in [1.29, 1.82) is 0 Å². The molecule has 2 saturated heterocycles. The molecule has 4 heterocycles. The molecule has 3 aromatic rings. The normalized spacial score (nSPS) is 24.6. The van der Waals surface area contributed by atoms with Crippen LogP contribution in [0.2, 0.25) is 10.2 Å². The molecule has 0 bridgehead atoms. The number of hydrogen-bond donors (Lipinski definition) is 2. The third-order valence-electron chi connectivity index (χ3n) is 7.04. The van der Waals surface area contributed by atoms with Crippen molar-refractivity contribution >= 4 is 45.7 Å². The molecule has 0 spiro atoms. The van der Waals surface area contributed by atoms with Gasteiger partial charge in [-0.3, -0.25) is 4.90 Å². The Morgan fingerprint density at radius 2 is 1.88 bits per heavy atom. The molecule has 2 aromatic heterocycles. The third kappa shape index (κ3) is 4.19. The summed E-state index contributed by atoms with van der Waals surface area (Å²) in [6, 6.07) is 4.56. The number of aromatic nitrogens is 4. The first-order valence-corrected chi connectivity index (χ1v) is 12.3. The smallest absolute Gasteiger partial charge is 0.227 e. The molecule has 2 N–H and O–H groups in total. The maximum absolute atomic E-state index is 10.0. The second-order valence-corrected chi connectivity index (χ2v) is 9.97. The highest BCUT2D eigenvalue weighted by Gasteiger charge is 2.34. The van der Waals surface area contributed by atoms with Crippen molar-refractivity contribution < 1.29 is 9.84 Å². The number of nitrogens with zero attached hydrogens (tertiary/aromatic N) is 5. The highest BCUT2D eigenvalue weighted by atomic mass is 35.5. The summed E-state index contributed by atoms with van der Waals surface area (Å²) < 4.78 is 7.19. The Kier molecular flexibility index (Phi) is 5.66. The fourth-order valence-electron chi connectivity index (χ4n) is 5.03. The van der Waals surface area contributed by atoms with Crippen LogP contribution in [0.5, 0.6) is 0 Å². The van der Waals surface area contributed by atoms with Crippen LogP contribution >= 0.6 is 23.2 Å². The minimum absolute atomic E-state index is 0.107. The molecule has 1 aliphatic carbocycles. The van der Waals surface area contributed by atoms with E-state index in [-0.39, 0.29) is 6.04 Å². The van der Waals surface area contributed by atoms with Gasteiger partial charge >= 0.3 is 0 Å². The molecule has 10 heteroatoms. The number of ether oxygens (including phenoxy) is 1. The molecule has 174 valence electrons. The summed E-state index contributed by atoms with van der Waals surface area (Å²) in [4.78, 5) is 11.5. The Labute approximate surface area is 201 Å². The van der Waals surface area contributed by atoms with Crippen LogP contribution in [0.1, 0.15) is 49.6 Å². The lowest BCUT2D eigenvalue weighted by atomic mass is 9.88. The maximum atomic E-state index is 10.0. The molecule has 1 aromatic carbocycles. The van der Waals surface area contributed by atoms with Gasteiger partial charge in [-0.2, -0.15) is 5.10 Å². The minimum Gasteiger partial charge on any atom is -0.367 e. The van der Waals surface area contributed by atoms with Crippen molar-refractivity contribution in [2.45, 2.75) is 56.4 Å². The Balaban J connectivity index is 1.20. The molecular formula is C23H26Cl2N6O2. The van der Waals surface area contributed by atoms with Crippen LogP contribution in [-0.4, -0.2) is 61.8 Å². The van der Waals surface area contributed by atoms with E-state index in [2.05, 4.69) is 26.4 Å². The molecule has 3 fully saturated rings. The summed E-state index contributed by atoms with van der Waals surface area (Å²) in [5, 5.41) is 19.9. The number of likely N-dealkylation sites (tertiary alicyclic amines) is 1. The number of fused-ring (bicyclic) bond motifs is 1. The fourth-order valence-corrected chi connectivity index (χ4v) is 5.64. The van der Waals surface area contributed by atoms with Crippen molar-refractivity contribution in [3.8, 4) is 0 Å². The SMILES string of the molecule is O[C@@H]1OCC[C@@H]1N1CCC(c2cc3nc(Nc4cnn(C5CC5)c4Cl)ncc3cc2Cl)CC1. The highest BCUT2D eigenvalue weighted by Crippen LogP contribution is 2.39. The van der Waals surface area contributed by atoms with E-state index in [0.717, 1.165) is 66.7 Å². The van der Waals surface area contributed by atoms with Crippen LogP contribution in [-0.2, 0) is 4.74 Å². The van der Waals surface area contributed by atoms with Gasteiger partial charge in [0.1, 0.15) is 0 Å². The lowest BCUT2D eigenvalue weighted by molar-refractivity contribution is -0.0959. The van der Waals surface area contributed by atoms with Gasteiger partial charge in [-0.25, -0.2) is 14.6 Å². The van der Waals surface area contributed by atoms with Crippen LogP contribution in [0.25, 0.3) is 10.9 Å². The summed E-state index contributed by atoms with van der Waals surface area (Å²) in [6.45, 7) is 2.47. The summed E-state index contributed by atoms with van der Waals surface area (Å²) in [7, 11) is 0. The number of piperidine rings is 1. The van der Waals surface area contributed by atoms with E-state index in [1.165, 1.54) is 0 Å². The van der Waals surface area contributed by atoms with Gasteiger partial charge in [0.25, 0.3) is 0 Å². The second kappa shape index (κ2) is 8.67. The fraction of sp³-hybridized carbons (Fsp3) is 0.522. The molecule has 1 saturated carbocycles. The van der Waals surface area contributed by atoms with Crippen molar-refractivity contribution in [3.05, 3.63) is 40.3 Å². The Morgan fingerprint density at radius 1 is 1.06 bits per heavy atom. The number of halogens is 2. The summed E-state index contributed by atoms with van der Waals surface area (Å²) in [5.41, 5.74) is 2.68. The molecule has 2 atom stereocenters. The van der Waals surface area contributed by atoms with E-state index in [9.17, 15) is 5.11 Å². The lowest BCUT2D eigenvalue weighted by Gasteiger charge is -2.36. The standard InChI is InChI=1S/C23H26Cl2N6O2/c24-17-9-14-11-26-23(29-19-12-27-31(21(19)25)15-1-2-15)28-18(14)10-16(17)13-3-6-30(7-4-13)20-5-8-33-22(20)32/h9-13,15,20,22,32H,1-8H2,(H,26,28,29)/t20-,22+/m0/s1. The van der Waals surface area contributed by atoms with Gasteiger partial charge in [0.05, 0.1) is 36.1 Å². The molecular weight excluding hydrogens is 463 g/mol. The van der Waals surface area contributed by atoms with Gasteiger partial charge in [0.15, 0.2) is 11.4 Å². The van der Waals surface area contributed by atoms with Gasteiger partial charge in [-0.1, -0.05) is 23.2 Å². The average molecular weight is 489 g/mol. The number of benzene rings is 1. The van der Waals surface area contributed by atoms with E-state index in [1.807, 2.05) is 10.7 Å². The number of nitrogens with one attached hydrogen (secondary N) is 1. The Bertz CT molecular complexity index is 1180. The van der Waals surface area contributed by atoms with Crippen LogP contribution in [0.15, 0.2) is 24.5 Å². The maximum Gasteiger partial charge on any atom is 0.227 e. The van der Waals surface area contributed by atoms with Crippen molar-refractivity contribution in [1.82, 2.24) is 24.6 Å². The molecule has 8 nitrogen and oxygen atoms in total. The zero-order chi connectivity index (χ0) is 22.5. The van der Waals surface area contributed by atoms with Gasteiger partial charge in [-0.05, 0) is 68.8 Å². The number of aliphatic hydroxyl groups excluding tert-OH is 1. The number of hydrogen-bond acceptors (Lipinski definition) is 7. The van der Waals surface area contributed by atoms with Crippen molar-refractivity contribution in [2.75, 3.05) is 25.0 Å². The molecule has 2 aliphatic heterocycles. The highest BCUT2D eigenvalue weighted by molar-refractivity contribution is 6.32. The quantitative estimate of drug-likeness (QED) is 0.546. The van der Waals surface area contributed by atoms with Gasteiger partial charge in [-0.15, -0.1) is 0 Å². The van der Waals surface area contributed by atoms with Crippen LogP contribution < -0.4 is 5.32 Å². The average Bonchev–Trinajstić information content (AvgIpc) is 3.47. The lowest BCUT2D eigenvalue weighted by Crippen LogP contribution is -2.45. The van der Waals surface area contributed by atoms with Crippen molar-refractivity contribution in [3.63, 3.8) is 0 Å². The van der Waals surface area contributed by atoms with E-state index in [0.29, 0.717) is 35.4 Å². The number of rotatable bonds is 5. The topological polar surface area (TPSA) is 88.3 Å². The molecule has 0 radical (unpaired) electrons. The molecule has 6 rings (SSSR count). The van der Waals surface area contributed by atoms with Crippen LogP contribution in [0.4, 0.5) is 11.6 Å². The third-order valence-corrected chi connectivity index (χ3v) is 7.75. The Hall–Kier alpha value is -1.97. The molecule has 0 unspecified atom stereocenters. The van der Waals surface area contributed by atoms with Crippen LogP contribution in [0, 0.1) is 0 Å². The van der Waals surface area contributed by atoms with Crippen LogP contribution in [0.3, 0.4) is 0 Å². The summed E-state index contributed by atoms with van der Waals surface area (Å²) in [6.07, 6.45) is 7.93. The second-order valence-electron chi connectivity index (χ2n) is 9.20. The predicted molar refractivity (Wildman–Crippen MR) is 127 cm³/mol. The first kappa shape index (κ1) is 21.6. The first-order valence-electron chi connectivity index (χ1n) is 11.6. The monoisotopic (exact) mass is 488 g/mol. The van der Waals surface area contributed by atoms with Gasteiger partial charge in [0.2, 0.25) is 5.95 Å². The van der Waals surface area contributed by atoms with Crippen molar-refractivity contribution in [2.24, 2.45) is 0 Å². The number of anilines is 2. The largest absolute Gasteiger partial charge is 0.367 e. The van der Waals surface area contributed by atoms with Gasteiger partial charge < -0.3 is 15.2 Å². The van der Waals surface area contributed by atoms with E-state index >= 15 is 0 Å². The molecule has 33 heavy (non-hydrogen) atoms. The zero-order valence-electron chi connectivity index (χ0n) is 18.1. The van der Waals surface area contributed by atoms with Gasteiger partial charge in [0, 0.05) is 16.6 Å². The molecule has 0 amide bonds. The first-order chi connectivity index (χ1) is 16.1. The molecule has 3 aliphatic rings. The summed E-state index contributed by atoms with van der Waals surface area (Å²) in [5.74, 6) is 0.841. The van der Waals surface area contributed by atoms with E-state index < -0.39 is 6.29 Å². The summed E-state index contributed by atoms with van der Waals surface area (Å²) >= 11 is 13.2. The predicted octanol–water partition coefficient (Wildman–Crippen LogP) is 4.50. The Morgan fingerprint density at radius 3 is 2.61 bits per heavy atom. The zero-order valence-corrected chi connectivity index (χ0v) is 19.6. The number of aliphatic hydroxyl groups is 1.